The lowest BCUT2D eigenvalue weighted by molar-refractivity contribution is -0.891. The van der Waals surface area contributed by atoms with Crippen molar-refractivity contribution >= 4 is 21.9 Å². The highest BCUT2D eigenvalue weighted by Crippen LogP contribution is 2.21. The number of fused-ring (bicyclic) bond motifs is 1. The summed E-state index contributed by atoms with van der Waals surface area (Å²) >= 11 is 0. The fourth-order valence-electron chi connectivity index (χ4n) is 2.62. The van der Waals surface area contributed by atoms with E-state index in [0.29, 0.717) is 30.6 Å². The van der Waals surface area contributed by atoms with Crippen LogP contribution in [0.1, 0.15) is 27.1 Å². The number of hydrogen-bond donors (Lipinski definition) is 2. The predicted molar refractivity (Wildman–Crippen MR) is 104 cm³/mol. The molecule has 0 unspecified atom stereocenters. The third-order valence-electron chi connectivity index (χ3n) is 4.10. The minimum absolute atomic E-state index is 0.197. The van der Waals surface area contributed by atoms with Crippen LogP contribution >= 0.6 is 0 Å². The number of rotatable bonds is 9. The van der Waals surface area contributed by atoms with E-state index in [1.165, 1.54) is 4.90 Å². The quantitative estimate of drug-likeness (QED) is 0.256. The van der Waals surface area contributed by atoms with Gasteiger partial charge in [-0.3, -0.25) is 19.0 Å². The molecule has 10 heteroatoms. The number of carbonyl (C=O) groups is 2. The van der Waals surface area contributed by atoms with Crippen LogP contribution in [-0.4, -0.2) is 99.1 Å². The lowest BCUT2D eigenvalue weighted by atomic mass is 10.1. The van der Waals surface area contributed by atoms with Crippen molar-refractivity contribution in [3.05, 3.63) is 35.4 Å². The molecule has 28 heavy (non-hydrogen) atoms. The van der Waals surface area contributed by atoms with Crippen molar-refractivity contribution in [2.45, 2.75) is 6.42 Å². The van der Waals surface area contributed by atoms with Crippen LogP contribution in [0.2, 0.25) is 0 Å². The number of imide groups is 1. The maximum atomic E-state index is 12.2. The van der Waals surface area contributed by atoms with Crippen molar-refractivity contribution in [2.24, 2.45) is 0 Å². The Balaban J connectivity index is 0.000000696. The zero-order valence-corrected chi connectivity index (χ0v) is 17.3. The van der Waals surface area contributed by atoms with Gasteiger partial charge in [0.25, 0.3) is 21.9 Å². The summed E-state index contributed by atoms with van der Waals surface area (Å²) < 4.78 is 32.2. The smallest absolute Gasteiger partial charge is 0.261 e. The Morgan fingerprint density at radius 3 is 2.00 bits per heavy atom. The summed E-state index contributed by atoms with van der Waals surface area (Å²) in [5.41, 5.74) is 0.943. The van der Waals surface area contributed by atoms with Crippen molar-refractivity contribution < 1.29 is 36.9 Å². The van der Waals surface area contributed by atoms with Crippen molar-refractivity contribution in [3.8, 4) is 0 Å². The molecule has 0 fully saturated rings. The molecule has 0 atom stereocenters. The number of aliphatic hydroxyl groups is 1. The molecule has 1 aliphatic heterocycles. The van der Waals surface area contributed by atoms with E-state index in [0.717, 1.165) is 24.0 Å². The summed E-state index contributed by atoms with van der Waals surface area (Å²) in [6.45, 7) is 3.08. The van der Waals surface area contributed by atoms with Crippen LogP contribution in [0.4, 0.5) is 0 Å². The molecule has 2 N–H and O–H groups in total. The Kier molecular flexibility index (Phi) is 9.18. The van der Waals surface area contributed by atoms with Gasteiger partial charge in [-0.05, 0) is 12.1 Å². The summed E-state index contributed by atoms with van der Waals surface area (Å²) in [6, 6.07) is 6.88. The Bertz CT molecular complexity index is 735. The van der Waals surface area contributed by atoms with Crippen molar-refractivity contribution in [1.82, 2.24) is 4.90 Å². The van der Waals surface area contributed by atoms with Gasteiger partial charge >= 0.3 is 0 Å². The molecule has 1 aromatic rings. The van der Waals surface area contributed by atoms with Gasteiger partial charge in [0.15, 0.2) is 0 Å². The molecule has 0 aromatic heterocycles. The van der Waals surface area contributed by atoms with Crippen LogP contribution in [0.3, 0.4) is 0 Å². The van der Waals surface area contributed by atoms with E-state index in [-0.39, 0.29) is 25.0 Å². The van der Waals surface area contributed by atoms with E-state index >= 15 is 0 Å². The zero-order valence-electron chi connectivity index (χ0n) is 16.5. The molecule has 1 aromatic carbocycles. The number of amides is 2. The highest BCUT2D eigenvalue weighted by Gasteiger charge is 2.34. The summed E-state index contributed by atoms with van der Waals surface area (Å²) in [5.74, 6) is -0.485. The van der Waals surface area contributed by atoms with Crippen LogP contribution in [0, 0.1) is 0 Å². The largest absolute Gasteiger partial charge is 0.396 e. The molecular weight excluding hydrogens is 388 g/mol. The van der Waals surface area contributed by atoms with Crippen LogP contribution < -0.4 is 0 Å². The standard InChI is InChI=1S/C17H25N2O4.CH4O3S/c1-19(2,9-5-11-20)10-13-23-12-8-18-16(21)14-6-3-4-7-15(14)17(18)22;1-5(2,3)4/h3-4,6-7,20H,5,8-13H2,1-2H3;1H3,(H,2,3,4)/q+1;. The first-order valence-electron chi connectivity index (χ1n) is 8.84. The third-order valence-corrected chi connectivity index (χ3v) is 4.10. The predicted octanol–water partition coefficient (Wildman–Crippen LogP) is 0.262. The number of nitrogens with zero attached hydrogens (tertiary/aromatic N) is 2. The molecule has 2 amide bonds. The van der Waals surface area contributed by atoms with Gasteiger partial charge in [0, 0.05) is 13.0 Å². The van der Waals surface area contributed by atoms with Gasteiger partial charge in [0.2, 0.25) is 0 Å². The van der Waals surface area contributed by atoms with Crippen LogP contribution in [0.5, 0.6) is 0 Å². The molecule has 0 bridgehead atoms. The number of carbonyl (C=O) groups excluding carboxylic acids is 2. The molecule has 0 aliphatic carbocycles. The van der Waals surface area contributed by atoms with Gasteiger partial charge in [-0.15, -0.1) is 0 Å². The van der Waals surface area contributed by atoms with Crippen molar-refractivity contribution in [1.29, 1.82) is 0 Å². The highest BCUT2D eigenvalue weighted by molar-refractivity contribution is 7.85. The molecule has 158 valence electrons. The normalized spacial score (nSPS) is 14.0. The number of ether oxygens (including phenoxy) is 1. The minimum Gasteiger partial charge on any atom is -0.396 e. The van der Waals surface area contributed by atoms with Gasteiger partial charge in [-0.2, -0.15) is 8.42 Å². The van der Waals surface area contributed by atoms with Crippen molar-refractivity contribution in [3.63, 3.8) is 0 Å². The molecule has 1 heterocycles. The van der Waals surface area contributed by atoms with E-state index in [1.807, 2.05) is 0 Å². The number of likely N-dealkylation sites (N-methyl/N-ethyl adjacent to an activating group) is 1. The van der Waals surface area contributed by atoms with Crippen LogP contribution in [-0.2, 0) is 14.9 Å². The van der Waals surface area contributed by atoms with Crippen LogP contribution in [0.15, 0.2) is 24.3 Å². The number of aliphatic hydroxyl groups excluding tert-OH is 1. The van der Waals surface area contributed by atoms with Gasteiger partial charge in [0.1, 0.15) is 6.54 Å². The Hall–Kier alpha value is -1.85. The maximum absolute atomic E-state index is 12.2. The molecule has 2 rings (SSSR count). The molecular formula is C18H29N2O7S+. The lowest BCUT2D eigenvalue weighted by Gasteiger charge is -2.29. The first-order valence-corrected chi connectivity index (χ1v) is 10.7. The molecule has 0 saturated heterocycles. The van der Waals surface area contributed by atoms with E-state index < -0.39 is 10.1 Å². The summed E-state index contributed by atoms with van der Waals surface area (Å²) in [7, 11) is 0.506. The first-order chi connectivity index (χ1) is 13.0. The van der Waals surface area contributed by atoms with E-state index in [1.54, 1.807) is 24.3 Å². The van der Waals surface area contributed by atoms with Gasteiger partial charge < -0.3 is 14.3 Å². The van der Waals surface area contributed by atoms with E-state index in [2.05, 4.69) is 14.1 Å². The third kappa shape index (κ3) is 8.44. The first kappa shape index (κ1) is 24.2. The number of benzene rings is 1. The summed E-state index contributed by atoms with van der Waals surface area (Å²) in [5, 5.41) is 8.87. The average Bonchev–Trinajstić information content (AvgIpc) is 2.83. The highest BCUT2D eigenvalue weighted by atomic mass is 32.2. The molecule has 1 aliphatic rings. The second-order valence-corrected chi connectivity index (χ2v) is 8.58. The number of quaternary nitrogens is 1. The van der Waals surface area contributed by atoms with Crippen molar-refractivity contribution in [2.75, 3.05) is 59.8 Å². The Morgan fingerprint density at radius 1 is 1.04 bits per heavy atom. The zero-order chi connectivity index (χ0) is 21.4. The fraction of sp³-hybridized carbons (Fsp3) is 0.556. The molecule has 0 saturated carbocycles. The van der Waals surface area contributed by atoms with Gasteiger partial charge in [-0.1, -0.05) is 12.1 Å². The second-order valence-electron chi connectivity index (χ2n) is 7.11. The van der Waals surface area contributed by atoms with Gasteiger partial charge in [0.05, 0.1) is 57.8 Å². The maximum Gasteiger partial charge on any atom is 0.261 e. The average molecular weight is 418 g/mol. The second kappa shape index (κ2) is 10.6. The lowest BCUT2D eigenvalue weighted by Crippen LogP contribution is -2.43. The Morgan fingerprint density at radius 2 is 1.54 bits per heavy atom. The fourth-order valence-corrected chi connectivity index (χ4v) is 2.62. The topological polar surface area (TPSA) is 121 Å². The molecule has 0 radical (unpaired) electrons. The Labute approximate surface area is 165 Å². The van der Waals surface area contributed by atoms with Gasteiger partial charge in [-0.25, -0.2) is 0 Å². The summed E-state index contributed by atoms with van der Waals surface area (Å²) in [6.07, 6.45) is 1.48. The molecule has 9 nitrogen and oxygen atoms in total. The van der Waals surface area contributed by atoms with E-state index in [4.69, 9.17) is 14.4 Å². The summed E-state index contributed by atoms with van der Waals surface area (Å²) in [4.78, 5) is 25.6. The van der Waals surface area contributed by atoms with Crippen LogP contribution in [0.25, 0.3) is 0 Å². The monoisotopic (exact) mass is 417 g/mol. The SMILES string of the molecule is CS(=O)(=O)O.C[N+](C)(CCCO)CCOCCN1C(=O)c2ccccc2C1=O. The number of hydrogen-bond acceptors (Lipinski definition) is 6. The minimum atomic E-state index is -3.67. The van der Waals surface area contributed by atoms with E-state index in [9.17, 15) is 18.0 Å². The molecule has 0 spiro atoms.